The molecule has 30 heavy (non-hydrogen) atoms. The third-order valence-corrected chi connectivity index (χ3v) is 5.51. The molecule has 0 fully saturated rings. The predicted molar refractivity (Wildman–Crippen MR) is 121 cm³/mol. The highest BCUT2D eigenvalue weighted by molar-refractivity contribution is 6.28. The number of aromatic nitrogens is 1. The lowest BCUT2D eigenvalue weighted by Gasteiger charge is -2.16. The van der Waals surface area contributed by atoms with Crippen LogP contribution in [0.1, 0.15) is 17.3 Å². The molecule has 0 bridgehead atoms. The number of carbonyl (C=O) groups is 1. The number of hydrogen-bond donors (Lipinski definition) is 1. The highest BCUT2D eigenvalue weighted by Crippen LogP contribution is 2.43. The summed E-state index contributed by atoms with van der Waals surface area (Å²) < 4.78 is 11.0. The quantitative estimate of drug-likeness (QED) is 0.362. The van der Waals surface area contributed by atoms with Crippen LogP contribution >= 0.6 is 0 Å². The minimum atomic E-state index is -0.332. The van der Waals surface area contributed by atoms with Gasteiger partial charge in [-0.2, -0.15) is 0 Å². The van der Waals surface area contributed by atoms with Gasteiger partial charge >= 0.3 is 5.97 Å². The summed E-state index contributed by atoms with van der Waals surface area (Å²) in [4.78, 5) is 16.9. The Balaban J connectivity index is 2.07. The fraction of sp³-hybridized carbons (Fsp3) is 0.115. The second kappa shape index (κ2) is 7.23. The van der Waals surface area contributed by atoms with Gasteiger partial charge < -0.3 is 14.5 Å². The van der Waals surface area contributed by atoms with Gasteiger partial charge in [0.05, 0.1) is 24.8 Å². The van der Waals surface area contributed by atoms with Crippen LogP contribution in [0.15, 0.2) is 72.8 Å². The van der Waals surface area contributed by atoms with Crippen LogP contribution in [0.3, 0.4) is 0 Å². The molecule has 0 aliphatic carbocycles. The maximum absolute atomic E-state index is 13.3. The summed E-state index contributed by atoms with van der Waals surface area (Å²) in [5.41, 5.74) is 4.44. The molecule has 5 aromatic rings. The Hall–Kier alpha value is -3.79. The molecule has 4 heteroatoms. The predicted octanol–water partition coefficient (Wildman–Crippen LogP) is 6.33. The minimum absolute atomic E-state index is 0.310. The zero-order valence-electron chi connectivity index (χ0n) is 16.9. The number of para-hydroxylation sites is 1. The average molecular weight is 395 g/mol. The van der Waals surface area contributed by atoms with Crippen molar-refractivity contribution in [2.24, 2.45) is 0 Å². The van der Waals surface area contributed by atoms with Crippen LogP contribution in [0.2, 0.25) is 0 Å². The van der Waals surface area contributed by atoms with Gasteiger partial charge in [0.1, 0.15) is 5.75 Å². The summed E-state index contributed by atoms with van der Waals surface area (Å²) in [6.45, 7) is 2.14. The van der Waals surface area contributed by atoms with E-state index in [2.05, 4.69) is 17.1 Å². The lowest BCUT2D eigenvalue weighted by atomic mass is 9.89. The SMILES string of the molecule is CCOC(=O)c1c(-c2ccccc2)c2c3ccccc3[nH]c2c2ccc(OC)cc12. The van der Waals surface area contributed by atoms with Crippen molar-refractivity contribution in [2.75, 3.05) is 13.7 Å². The number of ether oxygens (including phenoxy) is 2. The molecule has 0 atom stereocenters. The van der Waals surface area contributed by atoms with E-state index in [1.54, 1.807) is 7.11 Å². The first-order valence-corrected chi connectivity index (χ1v) is 9.99. The molecule has 0 amide bonds. The van der Waals surface area contributed by atoms with Crippen molar-refractivity contribution in [3.05, 3.63) is 78.4 Å². The summed E-state index contributed by atoms with van der Waals surface area (Å²) in [6, 6.07) is 24.0. The van der Waals surface area contributed by atoms with E-state index in [1.165, 1.54) is 0 Å². The maximum atomic E-state index is 13.3. The maximum Gasteiger partial charge on any atom is 0.339 e. The van der Waals surface area contributed by atoms with Gasteiger partial charge in [0, 0.05) is 32.6 Å². The van der Waals surface area contributed by atoms with E-state index in [0.717, 1.165) is 43.7 Å². The molecule has 0 aliphatic heterocycles. The molecule has 0 unspecified atom stereocenters. The molecular formula is C26H21NO3. The number of fused-ring (bicyclic) bond motifs is 5. The van der Waals surface area contributed by atoms with Crippen molar-refractivity contribution in [1.82, 2.24) is 4.98 Å². The van der Waals surface area contributed by atoms with Crippen molar-refractivity contribution in [3.8, 4) is 16.9 Å². The van der Waals surface area contributed by atoms with Crippen LogP contribution in [0.5, 0.6) is 5.75 Å². The number of hydrogen-bond acceptors (Lipinski definition) is 3. The average Bonchev–Trinajstić information content (AvgIpc) is 3.18. The van der Waals surface area contributed by atoms with Crippen LogP contribution < -0.4 is 4.74 Å². The van der Waals surface area contributed by atoms with Gasteiger partial charge in [-0.15, -0.1) is 0 Å². The van der Waals surface area contributed by atoms with Gasteiger partial charge in [0.2, 0.25) is 0 Å². The Morgan fingerprint density at radius 2 is 1.67 bits per heavy atom. The topological polar surface area (TPSA) is 51.3 Å². The number of aromatic amines is 1. The molecular weight excluding hydrogens is 374 g/mol. The molecule has 0 spiro atoms. The molecule has 0 saturated heterocycles. The highest BCUT2D eigenvalue weighted by atomic mass is 16.5. The molecule has 1 N–H and O–H groups in total. The van der Waals surface area contributed by atoms with Crippen LogP contribution in [-0.4, -0.2) is 24.7 Å². The Bertz CT molecular complexity index is 1400. The van der Waals surface area contributed by atoms with Crippen LogP contribution in [0.4, 0.5) is 0 Å². The smallest absolute Gasteiger partial charge is 0.339 e. The fourth-order valence-electron chi connectivity index (χ4n) is 4.25. The number of carbonyl (C=O) groups excluding carboxylic acids is 1. The van der Waals surface area contributed by atoms with E-state index in [-0.39, 0.29) is 5.97 Å². The number of esters is 1. The summed E-state index contributed by atoms with van der Waals surface area (Å²) in [5.74, 6) is 0.365. The van der Waals surface area contributed by atoms with Crippen LogP contribution in [0.25, 0.3) is 43.7 Å². The lowest BCUT2D eigenvalue weighted by molar-refractivity contribution is 0.0529. The van der Waals surface area contributed by atoms with Gasteiger partial charge in [0.25, 0.3) is 0 Å². The summed E-state index contributed by atoms with van der Waals surface area (Å²) in [6.07, 6.45) is 0. The van der Waals surface area contributed by atoms with Crippen molar-refractivity contribution in [2.45, 2.75) is 6.92 Å². The molecule has 0 saturated carbocycles. The zero-order chi connectivity index (χ0) is 20.7. The van der Waals surface area contributed by atoms with E-state index >= 15 is 0 Å². The summed E-state index contributed by atoms with van der Waals surface area (Å²) in [5, 5.41) is 3.88. The molecule has 5 rings (SSSR count). The third-order valence-electron chi connectivity index (χ3n) is 5.51. The second-order valence-corrected chi connectivity index (χ2v) is 7.17. The zero-order valence-corrected chi connectivity index (χ0v) is 16.9. The van der Waals surface area contributed by atoms with E-state index in [0.29, 0.717) is 17.9 Å². The summed E-state index contributed by atoms with van der Waals surface area (Å²) in [7, 11) is 1.63. The largest absolute Gasteiger partial charge is 0.497 e. The first-order valence-electron chi connectivity index (χ1n) is 9.99. The Labute approximate surface area is 174 Å². The molecule has 1 aromatic heterocycles. The van der Waals surface area contributed by atoms with Gasteiger partial charge in [-0.1, -0.05) is 48.5 Å². The molecule has 1 heterocycles. The third kappa shape index (κ3) is 2.72. The van der Waals surface area contributed by atoms with E-state index < -0.39 is 0 Å². The fourth-order valence-corrected chi connectivity index (χ4v) is 4.25. The normalized spacial score (nSPS) is 11.3. The molecule has 4 nitrogen and oxygen atoms in total. The first-order chi connectivity index (χ1) is 14.7. The number of H-pyrrole nitrogens is 1. The number of benzene rings is 4. The van der Waals surface area contributed by atoms with E-state index in [4.69, 9.17) is 9.47 Å². The first kappa shape index (κ1) is 18.3. The van der Waals surface area contributed by atoms with Gasteiger partial charge in [-0.05, 0) is 36.8 Å². The monoisotopic (exact) mass is 395 g/mol. The second-order valence-electron chi connectivity index (χ2n) is 7.17. The van der Waals surface area contributed by atoms with Crippen molar-refractivity contribution >= 4 is 38.5 Å². The van der Waals surface area contributed by atoms with Crippen molar-refractivity contribution < 1.29 is 14.3 Å². The Kier molecular flexibility index (Phi) is 4.40. The van der Waals surface area contributed by atoms with Gasteiger partial charge in [-0.25, -0.2) is 4.79 Å². The number of rotatable bonds is 4. The molecule has 148 valence electrons. The van der Waals surface area contributed by atoms with Gasteiger partial charge in [-0.3, -0.25) is 0 Å². The Morgan fingerprint density at radius 1 is 0.900 bits per heavy atom. The van der Waals surface area contributed by atoms with Crippen LogP contribution in [0, 0.1) is 0 Å². The Morgan fingerprint density at radius 3 is 2.43 bits per heavy atom. The standard InChI is InChI=1S/C26H21NO3/c1-3-30-26(28)24-20-15-17(29-2)13-14-18(20)25-23(19-11-7-8-12-21(19)27-25)22(24)16-9-5-4-6-10-16/h4-15,27H,3H2,1-2H3. The van der Waals surface area contributed by atoms with Crippen molar-refractivity contribution in [3.63, 3.8) is 0 Å². The highest BCUT2D eigenvalue weighted by Gasteiger charge is 2.24. The minimum Gasteiger partial charge on any atom is -0.497 e. The van der Waals surface area contributed by atoms with E-state index in [9.17, 15) is 4.79 Å². The van der Waals surface area contributed by atoms with Crippen molar-refractivity contribution in [1.29, 1.82) is 0 Å². The van der Waals surface area contributed by atoms with Gasteiger partial charge in [0.15, 0.2) is 0 Å². The summed E-state index contributed by atoms with van der Waals surface area (Å²) >= 11 is 0. The molecule has 0 aliphatic rings. The van der Waals surface area contributed by atoms with E-state index in [1.807, 2.05) is 67.6 Å². The lowest BCUT2D eigenvalue weighted by Crippen LogP contribution is -2.08. The number of nitrogens with one attached hydrogen (secondary N) is 1. The molecule has 4 aromatic carbocycles. The van der Waals surface area contributed by atoms with Crippen LogP contribution in [-0.2, 0) is 4.74 Å². The number of methoxy groups -OCH3 is 1. The molecule has 0 radical (unpaired) electrons.